The number of halogens is 2. The molecule has 0 unspecified atom stereocenters. The first kappa shape index (κ1) is 19.6. The standard InChI is InChI=1S/C26H18Cl2N2O3/c27-14-6-8-16(19(28)10-14)23-22-17-11-18(24(22)33-29-23)21-20(17)25(31)30(26(21)32)15-7-5-12-3-1-2-4-13(12)9-15/h1-10,17-18,20-22,24H,11H2/t17-,18-,20+,21-,22-,24+/m0/s1. The molecule has 1 saturated heterocycles. The Bertz CT molecular complexity index is 1400. The molecule has 33 heavy (non-hydrogen) atoms. The second kappa shape index (κ2) is 6.81. The van der Waals surface area contributed by atoms with Crippen LogP contribution in [0.25, 0.3) is 10.8 Å². The molecule has 6 atom stereocenters. The van der Waals surface area contributed by atoms with Crippen LogP contribution in [0.4, 0.5) is 5.69 Å². The largest absolute Gasteiger partial charge is 0.391 e. The highest BCUT2D eigenvalue weighted by Gasteiger charge is 2.70. The first-order chi connectivity index (χ1) is 16.0. The van der Waals surface area contributed by atoms with Gasteiger partial charge in [-0.3, -0.25) is 14.5 Å². The van der Waals surface area contributed by atoms with E-state index in [-0.39, 0.29) is 47.5 Å². The second-order valence-electron chi connectivity index (χ2n) is 9.35. The molecule has 7 heteroatoms. The van der Waals surface area contributed by atoms with Gasteiger partial charge in [-0.1, -0.05) is 64.8 Å². The van der Waals surface area contributed by atoms with Gasteiger partial charge in [0.25, 0.3) is 0 Å². The van der Waals surface area contributed by atoms with E-state index in [2.05, 4.69) is 5.16 Å². The van der Waals surface area contributed by atoms with Gasteiger partial charge in [0.1, 0.15) is 6.10 Å². The van der Waals surface area contributed by atoms with Crippen molar-refractivity contribution in [1.29, 1.82) is 0 Å². The van der Waals surface area contributed by atoms with Crippen molar-refractivity contribution in [2.75, 3.05) is 4.90 Å². The van der Waals surface area contributed by atoms with Crippen molar-refractivity contribution in [3.63, 3.8) is 0 Å². The van der Waals surface area contributed by atoms with E-state index in [4.69, 9.17) is 28.0 Å². The molecule has 4 aliphatic rings. The van der Waals surface area contributed by atoms with E-state index < -0.39 is 0 Å². The van der Waals surface area contributed by atoms with Crippen LogP contribution in [0.1, 0.15) is 12.0 Å². The quantitative estimate of drug-likeness (QED) is 0.470. The molecule has 2 heterocycles. The zero-order chi connectivity index (χ0) is 22.4. The highest BCUT2D eigenvalue weighted by atomic mass is 35.5. The predicted octanol–water partition coefficient (Wildman–Crippen LogP) is 5.32. The number of oxime groups is 1. The van der Waals surface area contributed by atoms with Crippen molar-refractivity contribution < 1.29 is 14.4 Å². The SMILES string of the molecule is O=C1[C@@H]2[C@@H]3C[C@H]([C@H]4ON=C(c5ccc(Cl)cc5Cl)[C@H]34)[C@@H]2C(=O)N1c1ccc2ccccc2c1. The van der Waals surface area contributed by atoms with Crippen LogP contribution < -0.4 is 4.90 Å². The lowest BCUT2D eigenvalue weighted by Gasteiger charge is -2.30. The van der Waals surface area contributed by atoms with Crippen molar-refractivity contribution in [3.05, 3.63) is 76.3 Å². The molecule has 2 aliphatic carbocycles. The highest BCUT2D eigenvalue weighted by molar-refractivity contribution is 6.37. The van der Waals surface area contributed by atoms with E-state index in [1.165, 1.54) is 4.90 Å². The van der Waals surface area contributed by atoms with Crippen molar-refractivity contribution >= 4 is 57.2 Å². The van der Waals surface area contributed by atoms with Gasteiger partial charge in [-0.05, 0) is 47.4 Å². The number of carbonyl (C=O) groups is 2. The van der Waals surface area contributed by atoms with Gasteiger partial charge in [0, 0.05) is 22.4 Å². The van der Waals surface area contributed by atoms with E-state index in [9.17, 15) is 9.59 Å². The number of hydrogen-bond acceptors (Lipinski definition) is 4. The van der Waals surface area contributed by atoms with Gasteiger partial charge in [-0.2, -0.15) is 0 Å². The summed E-state index contributed by atoms with van der Waals surface area (Å²) in [6.45, 7) is 0. The van der Waals surface area contributed by atoms with Gasteiger partial charge in [0.15, 0.2) is 0 Å². The molecule has 2 saturated carbocycles. The summed E-state index contributed by atoms with van der Waals surface area (Å²) in [5, 5.41) is 7.50. The van der Waals surface area contributed by atoms with Crippen LogP contribution in [-0.2, 0) is 14.4 Å². The first-order valence-corrected chi connectivity index (χ1v) is 11.8. The molecular formula is C26H18Cl2N2O3. The minimum absolute atomic E-state index is 0.0000915. The Morgan fingerprint density at radius 3 is 2.39 bits per heavy atom. The normalized spacial score (nSPS) is 31.7. The maximum atomic E-state index is 13.6. The topological polar surface area (TPSA) is 59.0 Å². The fourth-order valence-corrected chi connectivity index (χ4v) is 7.12. The number of benzene rings is 3. The van der Waals surface area contributed by atoms with Gasteiger partial charge < -0.3 is 4.84 Å². The van der Waals surface area contributed by atoms with E-state index in [0.717, 1.165) is 28.5 Å². The molecule has 2 amide bonds. The second-order valence-corrected chi connectivity index (χ2v) is 10.2. The fourth-order valence-electron chi connectivity index (χ4n) is 6.62. The van der Waals surface area contributed by atoms with E-state index >= 15 is 0 Å². The van der Waals surface area contributed by atoms with E-state index in [1.807, 2.05) is 48.5 Å². The van der Waals surface area contributed by atoms with E-state index in [1.54, 1.807) is 12.1 Å². The Hall–Kier alpha value is -2.89. The molecule has 0 N–H and O–H groups in total. The van der Waals surface area contributed by atoms with Crippen LogP contribution in [0.3, 0.4) is 0 Å². The minimum Gasteiger partial charge on any atom is -0.391 e. The zero-order valence-corrected chi connectivity index (χ0v) is 18.8. The molecule has 5 nitrogen and oxygen atoms in total. The van der Waals surface area contributed by atoms with E-state index in [0.29, 0.717) is 15.7 Å². The summed E-state index contributed by atoms with van der Waals surface area (Å²) in [4.78, 5) is 34.4. The van der Waals surface area contributed by atoms with Crippen molar-refractivity contribution in [3.8, 4) is 0 Å². The summed E-state index contributed by atoms with van der Waals surface area (Å²) in [5.74, 6) is -1.02. The van der Waals surface area contributed by atoms with Gasteiger partial charge in [0.2, 0.25) is 11.8 Å². The van der Waals surface area contributed by atoms with Crippen molar-refractivity contribution in [2.45, 2.75) is 12.5 Å². The number of amides is 2. The van der Waals surface area contributed by atoms with Gasteiger partial charge >= 0.3 is 0 Å². The number of anilines is 1. The molecule has 0 radical (unpaired) electrons. The van der Waals surface area contributed by atoms with Gasteiger partial charge in [0.05, 0.1) is 28.3 Å². The summed E-state index contributed by atoms with van der Waals surface area (Å²) < 4.78 is 0. The van der Waals surface area contributed by atoms with Crippen LogP contribution in [-0.4, -0.2) is 23.6 Å². The summed E-state index contributed by atoms with van der Waals surface area (Å²) in [6, 6.07) is 19.0. The third-order valence-electron chi connectivity index (χ3n) is 7.89. The Balaban J connectivity index is 1.25. The molecule has 7 rings (SSSR count). The molecular weight excluding hydrogens is 459 g/mol. The van der Waals surface area contributed by atoms with Crippen LogP contribution >= 0.6 is 23.2 Å². The smallest absolute Gasteiger partial charge is 0.238 e. The highest BCUT2D eigenvalue weighted by Crippen LogP contribution is 2.62. The minimum atomic E-state index is -0.356. The molecule has 164 valence electrons. The van der Waals surface area contributed by atoms with Gasteiger partial charge in [-0.15, -0.1) is 0 Å². The Labute approximate surface area is 199 Å². The lowest BCUT2D eigenvalue weighted by Crippen LogP contribution is -2.41. The zero-order valence-electron chi connectivity index (χ0n) is 17.3. The van der Waals surface area contributed by atoms with Crippen LogP contribution in [0.2, 0.25) is 10.0 Å². The summed E-state index contributed by atoms with van der Waals surface area (Å²) in [7, 11) is 0. The molecule has 2 bridgehead atoms. The molecule has 2 aliphatic heterocycles. The third-order valence-corrected chi connectivity index (χ3v) is 8.44. The van der Waals surface area contributed by atoms with Crippen LogP contribution in [0.15, 0.2) is 65.8 Å². The number of imide groups is 1. The van der Waals surface area contributed by atoms with Crippen LogP contribution in [0, 0.1) is 29.6 Å². The molecule has 3 fully saturated rings. The molecule has 3 aromatic rings. The number of rotatable bonds is 2. The van der Waals surface area contributed by atoms with Gasteiger partial charge in [-0.25, -0.2) is 0 Å². The monoisotopic (exact) mass is 476 g/mol. The summed E-state index contributed by atoms with van der Waals surface area (Å²) >= 11 is 12.5. The number of nitrogens with zero attached hydrogens (tertiary/aromatic N) is 2. The molecule has 0 aromatic heterocycles. The van der Waals surface area contributed by atoms with Crippen molar-refractivity contribution in [1.82, 2.24) is 0 Å². The average Bonchev–Trinajstić information content (AvgIpc) is 3.54. The molecule has 3 aromatic carbocycles. The lowest BCUT2D eigenvalue weighted by molar-refractivity contribution is -0.125. The molecule has 0 spiro atoms. The number of carbonyl (C=O) groups excluding carboxylic acids is 2. The number of fused-ring (bicyclic) bond motifs is 9. The lowest BCUT2D eigenvalue weighted by atomic mass is 9.71. The maximum absolute atomic E-state index is 13.6. The Kier molecular flexibility index (Phi) is 4.04. The average molecular weight is 477 g/mol. The fraction of sp³-hybridized carbons (Fsp3) is 0.269. The van der Waals surface area contributed by atoms with Crippen molar-refractivity contribution in [2.24, 2.45) is 34.7 Å². The Morgan fingerprint density at radius 2 is 1.61 bits per heavy atom. The first-order valence-electron chi connectivity index (χ1n) is 11.1. The predicted molar refractivity (Wildman–Crippen MR) is 126 cm³/mol. The summed E-state index contributed by atoms with van der Waals surface area (Å²) in [5.41, 5.74) is 2.18. The van der Waals surface area contributed by atoms with Crippen LogP contribution in [0.5, 0.6) is 0 Å². The third kappa shape index (κ3) is 2.58. The number of hydrogen-bond donors (Lipinski definition) is 0. The summed E-state index contributed by atoms with van der Waals surface area (Å²) in [6.07, 6.45) is 0.587. The maximum Gasteiger partial charge on any atom is 0.238 e. The Morgan fingerprint density at radius 1 is 0.848 bits per heavy atom.